The number of rotatable bonds is 5. The van der Waals surface area contributed by atoms with Crippen LogP contribution in [-0.4, -0.2) is 22.6 Å². The van der Waals surface area contributed by atoms with Crippen molar-refractivity contribution in [3.63, 3.8) is 0 Å². The molecule has 0 fully saturated rings. The Hall–Kier alpha value is -3.98. The van der Waals surface area contributed by atoms with Gasteiger partial charge in [-0.15, -0.1) is 0 Å². The molecule has 6 nitrogen and oxygen atoms in total. The molecule has 0 aliphatic rings. The van der Waals surface area contributed by atoms with Gasteiger partial charge in [0.25, 0.3) is 0 Å². The molecule has 0 heterocycles. The maximum absolute atomic E-state index is 12.6. The van der Waals surface area contributed by atoms with E-state index >= 15 is 0 Å². The van der Waals surface area contributed by atoms with E-state index in [1.54, 1.807) is 36.4 Å². The maximum Gasteiger partial charge on any atom is 0.337 e. The zero-order chi connectivity index (χ0) is 18.5. The Morgan fingerprint density at radius 3 is 2.38 bits per heavy atom. The third-order valence-corrected chi connectivity index (χ3v) is 3.78. The van der Waals surface area contributed by atoms with Gasteiger partial charge in [0.05, 0.1) is 11.3 Å². The average Bonchev–Trinajstić information content (AvgIpc) is 2.68. The van der Waals surface area contributed by atoms with Gasteiger partial charge in [0, 0.05) is 5.56 Å². The minimum atomic E-state index is -1.14. The van der Waals surface area contributed by atoms with Crippen LogP contribution in [0.2, 0.25) is 0 Å². The van der Waals surface area contributed by atoms with Gasteiger partial charge < -0.3 is 5.11 Å². The molecule has 3 rings (SSSR count). The Bertz CT molecular complexity index is 1080. The van der Waals surface area contributed by atoms with Gasteiger partial charge in [0.1, 0.15) is 6.07 Å². The van der Waals surface area contributed by atoms with Crippen LogP contribution in [-0.2, 0) is 0 Å². The first-order valence-corrected chi connectivity index (χ1v) is 7.70. The standard InChI is InChI=1S/C20H13N3O3/c21-12-18(23-22-17-8-4-3-7-16(17)20(25)26)19(24)15-10-9-13-5-1-2-6-14(13)11-15/h1-11,22H,(H,25,26). The van der Waals surface area contributed by atoms with Crippen LogP contribution in [0.4, 0.5) is 5.69 Å². The van der Waals surface area contributed by atoms with Crippen molar-refractivity contribution < 1.29 is 14.7 Å². The second-order valence-electron chi connectivity index (χ2n) is 5.43. The number of carboxylic acids is 1. The number of para-hydroxylation sites is 1. The maximum atomic E-state index is 12.6. The highest BCUT2D eigenvalue weighted by molar-refractivity contribution is 6.51. The zero-order valence-electron chi connectivity index (χ0n) is 13.5. The predicted molar refractivity (Wildman–Crippen MR) is 98.4 cm³/mol. The molecule has 3 aromatic rings. The summed E-state index contributed by atoms with van der Waals surface area (Å²) in [6.45, 7) is 0. The fourth-order valence-corrected chi connectivity index (χ4v) is 2.48. The number of hydrogen-bond acceptors (Lipinski definition) is 5. The number of nitrogens with one attached hydrogen (secondary N) is 1. The lowest BCUT2D eigenvalue weighted by molar-refractivity contribution is 0.0697. The van der Waals surface area contributed by atoms with Gasteiger partial charge >= 0.3 is 5.97 Å². The number of ketones is 1. The smallest absolute Gasteiger partial charge is 0.337 e. The van der Waals surface area contributed by atoms with Crippen molar-refractivity contribution in [1.82, 2.24) is 0 Å². The molecule has 0 unspecified atom stereocenters. The summed E-state index contributed by atoms with van der Waals surface area (Å²) in [5, 5.41) is 24.1. The van der Waals surface area contributed by atoms with Crippen LogP contribution >= 0.6 is 0 Å². The molecule has 0 atom stereocenters. The van der Waals surface area contributed by atoms with Crippen LogP contribution in [0.25, 0.3) is 10.8 Å². The summed E-state index contributed by atoms with van der Waals surface area (Å²) in [6, 6.07) is 20.5. The molecule has 0 aliphatic heterocycles. The van der Waals surface area contributed by atoms with Crippen molar-refractivity contribution in [2.24, 2.45) is 5.10 Å². The van der Waals surface area contributed by atoms with E-state index in [4.69, 9.17) is 5.11 Å². The number of carboxylic acid groups (broad SMARTS) is 1. The molecule has 26 heavy (non-hydrogen) atoms. The number of Topliss-reactive ketones (excluding diaryl/α,β-unsaturated/α-hetero) is 1. The molecule has 0 spiro atoms. The van der Waals surface area contributed by atoms with E-state index in [-0.39, 0.29) is 17.0 Å². The highest BCUT2D eigenvalue weighted by Gasteiger charge is 2.15. The second kappa shape index (κ2) is 7.28. The summed E-state index contributed by atoms with van der Waals surface area (Å²) in [5.41, 5.74) is 2.65. The van der Waals surface area contributed by atoms with E-state index in [0.717, 1.165) is 10.8 Å². The molecule has 0 aromatic heterocycles. The van der Waals surface area contributed by atoms with E-state index < -0.39 is 11.8 Å². The highest BCUT2D eigenvalue weighted by Crippen LogP contribution is 2.17. The molecule has 0 saturated heterocycles. The van der Waals surface area contributed by atoms with Gasteiger partial charge in [0.2, 0.25) is 11.5 Å². The van der Waals surface area contributed by atoms with Gasteiger partial charge in [-0.05, 0) is 29.0 Å². The van der Waals surface area contributed by atoms with E-state index in [9.17, 15) is 14.9 Å². The Morgan fingerprint density at radius 1 is 0.962 bits per heavy atom. The Morgan fingerprint density at radius 2 is 1.65 bits per heavy atom. The fraction of sp³-hybridized carbons (Fsp3) is 0. The summed E-state index contributed by atoms with van der Waals surface area (Å²) in [6.07, 6.45) is 0. The largest absolute Gasteiger partial charge is 0.478 e. The predicted octanol–water partition coefficient (Wildman–Crippen LogP) is 3.71. The van der Waals surface area contributed by atoms with Crippen LogP contribution in [0.15, 0.2) is 71.8 Å². The Kier molecular flexibility index (Phi) is 4.72. The molecule has 6 heteroatoms. The quantitative estimate of drug-likeness (QED) is 0.417. The number of fused-ring (bicyclic) bond motifs is 1. The third kappa shape index (κ3) is 3.42. The lowest BCUT2D eigenvalue weighted by atomic mass is 10.0. The zero-order valence-corrected chi connectivity index (χ0v) is 13.5. The number of nitriles is 1. The average molecular weight is 343 g/mol. The number of hydrazone groups is 1. The molecule has 2 N–H and O–H groups in total. The number of benzene rings is 3. The summed E-state index contributed by atoms with van der Waals surface area (Å²) >= 11 is 0. The molecule has 0 saturated carbocycles. The van der Waals surface area contributed by atoms with E-state index in [1.165, 1.54) is 12.1 Å². The first-order chi connectivity index (χ1) is 12.6. The number of carbonyl (C=O) groups is 2. The van der Waals surface area contributed by atoms with Crippen LogP contribution in [0.3, 0.4) is 0 Å². The van der Waals surface area contributed by atoms with Crippen molar-refractivity contribution in [3.05, 3.63) is 77.9 Å². The minimum Gasteiger partial charge on any atom is -0.478 e. The number of aromatic carboxylic acids is 1. The van der Waals surface area contributed by atoms with Crippen LogP contribution < -0.4 is 5.43 Å². The molecule has 0 bridgehead atoms. The van der Waals surface area contributed by atoms with E-state index in [1.807, 2.05) is 24.3 Å². The van der Waals surface area contributed by atoms with Crippen LogP contribution in [0, 0.1) is 11.3 Å². The summed E-state index contributed by atoms with van der Waals surface area (Å²) in [5.74, 6) is -1.68. The highest BCUT2D eigenvalue weighted by atomic mass is 16.4. The van der Waals surface area contributed by atoms with Crippen molar-refractivity contribution in [1.29, 1.82) is 5.26 Å². The van der Waals surface area contributed by atoms with Crippen molar-refractivity contribution in [2.45, 2.75) is 0 Å². The van der Waals surface area contributed by atoms with Gasteiger partial charge in [-0.3, -0.25) is 10.2 Å². The molecule has 126 valence electrons. The normalized spacial score (nSPS) is 11.0. The van der Waals surface area contributed by atoms with Crippen LogP contribution in [0.1, 0.15) is 20.7 Å². The SMILES string of the molecule is N#CC(=NNc1ccccc1C(=O)O)C(=O)c1ccc2ccccc2c1. The molecule has 0 aliphatic carbocycles. The molecular formula is C20H13N3O3. The summed E-state index contributed by atoms with van der Waals surface area (Å²) in [7, 11) is 0. The van der Waals surface area contributed by atoms with Gasteiger partial charge in [-0.1, -0.05) is 48.5 Å². The molecule has 0 amide bonds. The molecule has 3 aromatic carbocycles. The van der Waals surface area contributed by atoms with Crippen LogP contribution in [0.5, 0.6) is 0 Å². The number of nitrogens with zero attached hydrogens (tertiary/aromatic N) is 2. The van der Waals surface area contributed by atoms with Crippen molar-refractivity contribution in [2.75, 3.05) is 5.43 Å². The number of hydrogen-bond donors (Lipinski definition) is 2. The first kappa shape index (κ1) is 16.9. The van der Waals surface area contributed by atoms with Gasteiger partial charge in [-0.2, -0.15) is 10.4 Å². The molecule has 0 radical (unpaired) electrons. The first-order valence-electron chi connectivity index (χ1n) is 7.70. The third-order valence-electron chi connectivity index (χ3n) is 3.78. The minimum absolute atomic E-state index is 0.00769. The van der Waals surface area contributed by atoms with Crippen molar-refractivity contribution >= 4 is 33.9 Å². The summed E-state index contributed by atoms with van der Waals surface area (Å²) < 4.78 is 0. The van der Waals surface area contributed by atoms with Gasteiger partial charge in [-0.25, -0.2) is 4.79 Å². The van der Waals surface area contributed by atoms with Crippen molar-refractivity contribution in [3.8, 4) is 6.07 Å². The lowest BCUT2D eigenvalue weighted by Crippen LogP contribution is -2.14. The Labute approximate surface area is 149 Å². The topological polar surface area (TPSA) is 103 Å². The van der Waals surface area contributed by atoms with E-state index in [0.29, 0.717) is 5.56 Å². The van der Waals surface area contributed by atoms with E-state index in [2.05, 4.69) is 10.5 Å². The second-order valence-corrected chi connectivity index (χ2v) is 5.43. The number of carbonyl (C=O) groups excluding carboxylic acids is 1. The molecular weight excluding hydrogens is 330 g/mol. The van der Waals surface area contributed by atoms with Gasteiger partial charge in [0.15, 0.2) is 0 Å². The fourth-order valence-electron chi connectivity index (χ4n) is 2.48. The number of anilines is 1. The monoisotopic (exact) mass is 343 g/mol. The lowest BCUT2D eigenvalue weighted by Gasteiger charge is -2.06. The Balaban J connectivity index is 1.90. The summed E-state index contributed by atoms with van der Waals surface area (Å²) in [4.78, 5) is 23.7.